The Morgan fingerprint density at radius 3 is 2.95 bits per heavy atom. The molecule has 1 aromatic heterocycles. The second-order valence-electron chi connectivity index (χ2n) is 5.55. The molecule has 0 amide bonds. The van der Waals surface area contributed by atoms with Crippen LogP contribution in [0.1, 0.15) is 42.6 Å². The van der Waals surface area contributed by atoms with Crippen molar-refractivity contribution in [3.05, 3.63) is 47.3 Å². The highest BCUT2D eigenvalue weighted by atomic mass is 16.5. The van der Waals surface area contributed by atoms with Gasteiger partial charge in [-0.2, -0.15) is 5.10 Å². The molecule has 1 unspecified atom stereocenters. The van der Waals surface area contributed by atoms with Gasteiger partial charge in [-0.05, 0) is 37.0 Å². The van der Waals surface area contributed by atoms with Gasteiger partial charge in [0, 0.05) is 18.8 Å². The largest absolute Gasteiger partial charge is 0.490 e. The van der Waals surface area contributed by atoms with Crippen molar-refractivity contribution in [3.8, 4) is 5.75 Å². The summed E-state index contributed by atoms with van der Waals surface area (Å²) in [5, 5.41) is 4.49. The van der Waals surface area contributed by atoms with Crippen molar-refractivity contribution < 1.29 is 4.74 Å². The zero-order valence-corrected chi connectivity index (χ0v) is 12.5. The van der Waals surface area contributed by atoms with Gasteiger partial charge >= 0.3 is 0 Å². The van der Waals surface area contributed by atoms with Gasteiger partial charge in [-0.3, -0.25) is 10.5 Å². The molecule has 112 valence electrons. The fourth-order valence-electron chi connectivity index (χ4n) is 2.58. The number of aromatic nitrogens is 2. The lowest BCUT2D eigenvalue weighted by Gasteiger charge is -2.17. The first kappa shape index (κ1) is 14.1. The number of hydrazine groups is 1. The Labute approximate surface area is 125 Å². The standard InChI is InChI=1S/C16H22N4O/c1-3-15-14(10-20(2)19-15)16(18-17)11-5-4-6-13(9-11)21-12-7-8-12/h4-6,9-10,12,16,18H,3,7-8,17H2,1-2H3. The van der Waals surface area contributed by atoms with Crippen LogP contribution in [0.15, 0.2) is 30.5 Å². The van der Waals surface area contributed by atoms with Crippen LogP contribution in [-0.2, 0) is 13.5 Å². The van der Waals surface area contributed by atoms with Gasteiger partial charge in [-0.15, -0.1) is 0 Å². The van der Waals surface area contributed by atoms with Gasteiger partial charge in [0.25, 0.3) is 0 Å². The van der Waals surface area contributed by atoms with Crippen LogP contribution < -0.4 is 16.0 Å². The minimum atomic E-state index is -0.0728. The molecule has 3 N–H and O–H groups in total. The summed E-state index contributed by atoms with van der Waals surface area (Å²) in [6.07, 6.45) is 5.62. The SMILES string of the molecule is CCc1nn(C)cc1C(NN)c1cccc(OC2CC2)c1. The zero-order chi connectivity index (χ0) is 14.8. The van der Waals surface area contributed by atoms with E-state index in [0.29, 0.717) is 6.10 Å². The highest BCUT2D eigenvalue weighted by molar-refractivity contribution is 5.37. The van der Waals surface area contributed by atoms with Crippen LogP contribution >= 0.6 is 0 Å². The fraction of sp³-hybridized carbons (Fsp3) is 0.438. The van der Waals surface area contributed by atoms with Crippen LogP contribution in [0.25, 0.3) is 0 Å². The van der Waals surface area contributed by atoms with E-state index in [0.717, 1.165) is 41.8 Å². The first-order chi connectivity index (χ1) is 10.2. The number of hydrogen-bond acceptors (Lipinski definition) is 4. The van der Waals surface area contributed by atoms with E-state index in [1.807, 2.05) is 30.1 Å². The van der Waals surface area contributed by atoms with Crippen molar-refractivity contribution in [1.82, 2.24) is 15.2 Å². The van der Waals surface area contributed by atoms with Gasteiger partial charge in [0.05, 0.1) is 17.8 Å². The zero-order valence-electron chi connectivity index (χ0n) is 12.5. The van der Waals surface area contributed by atoms with Crippen LogP contribution in [0.3, 0.4) is 0 Å². The van der Waals surface area contributed by atoms with Crippen LogP contribution in [0.2, 0.25) is 0 Å². The molecule has 1 saturated carbocycles. The average Bonchev–Trinajstić information content (AvgIpc) is 3.21. The molecule has 1 heterocycles. The summed E-state index contributed by atoms with van der Waals surface area (Å²) >= 11 is 0. The highest BCUT2D eigenvalue weighted by Gasteiger charge is 2.24. The Bertz CT molecular complexity index is 618. The van der Waals surface area contributed by atoms with E-state index in [2.05, 4.69) is 29.6 Å². The van der Waals surface area contributed by atoms with E-state index in [1.54, 1.807) is 0 Å². The van der Waals surface area contributed by atoms with Gasteiger partial charge < -0.3 is 4.74 Å². The van der Waals surface area contributed by atoms with Crippen LogP contribution in [0.5, 0.6) is 5.75 Å². The fourth-order valence-corrected chi connectivity index (χ4v) is 2.58. The molecule has 1 aromatic carbocycles. The number of nitrogens with two attached hydrogens (primary N) is 1. The Hall–Kier alpha value is -1.85. The number of nitrogens with zero attached hydrogens (tertiary/aromatic N) is 2. The van der Waals surface area contributed by atoms with Crippen molar-refractivity contribution in [1.29, 1.82) is 0 Å². The van der Waals surface area contributed by atoms with Crippen molar-refractivity contribution in [3.63, 3.8) is 0 Å². The second kappa shape index (κ2) is 5.87. The molecular formula is C16H22N4O. The van der Waals surface area contributed by atoms with Gasteiger partial charge in [0.2, 0.25) is 0 Å². The molecule has 21 heavy (non-hydrogen) atoms. The summed E-state index contributed by atoms with van der Waals surface area (Å²) < 4.78 is 7.71. The van der Waals surface area contributed by atoms with E-state index < -0.39 is 0 Å². The van der Waals surface area contributed by atoms with Crippen LogP contribution in [0, 0.1) is 0 Å². The maximum absolute atomic E-state index is 5.87. The normalized spacial score (nSPS) is 16.0. The molecule has 3 rings (SSSR count). The van der Waals surface area contributed by atoms with E-state index in [4.69, 9.17) is 10.6 Å². The van der Waals surface area contributed by atoms with Crippen molar-refractivity contribution in [2.45, 2.75) is 38.3 Å². The Balaban J connectivity index is 1.91. The maximum Gasteiger partial charge on any atom is 0.120 e. The van der Waals surface area contributed by atoms with Gasteiger partial charge in [0.1, 0.15) is 5.75 Å². The molecule has 1 aliphatic rings. The number of nitrogens with one attached hydrogen (secondary N) is 1. The van der Waals surface area contributed by atoms with Crippen LogP contribution in [0.4, 0.5) is 0 Å². The van der Waals surface area contributed by atoms with Crippen LogP contribution in [-0.4, -0.2) is 15.9 Å². The molecule has 5 heteroatoms. The molecule has 0 bridgehead atoms. The first-order valence-corrected chi connectivity index (χ1v) is 7.46. The van der Waals surface area contributed by atoms with E-state index in [9.17, 15) is 0 Å². The molecule has 5 nitrogen and oxygen atoms in total. The summed E-state index contributed by atoms with van der Waals surface area (Å²) in [4.78, 5) is 0. The summed E-state index contributed by atoms with van der Waals surface area (Å²) in [6.45, 7) is 2.10. The molecule has 0 aliphatic heterocycles. The number of hydrogen-bond donors (Lipinski definition) is 2. The third kappa shape index (κ3) is 3.09. The predicted octanol–water partition coefficient (Wildman–Crippen LogP) is 2.08. The third-order valence-electron chi connectivity index (χ3n) is 3.77. The molecule has 1 fully saturated rings. The lowest BCUT2D eigenvalue weighted by atomic mass is 9.99. The van der Waals surface area contributed by atoms with Gasteiger partial charge in [-0.25, -0.2) is 5.43 Å². The Kier molecular flexibility index (Phi) is 3.94. The molecule has 0 saturated heterocycles. The van der Waals surface area contributed by atoms with Crippen molar-refractivity contribution in [2.75, 3.05) is 0 Å². The minimum Gasteiger partial charge on any atom is -0.490 e. The molecule has 1 atom stereocenters. The van der Waals surface area contributed by atoms with Gasteiger partial charge in [0.15, 0.2) is 0 Å². The Morgan fingerprint density at radius 1 is 1.48 bits per heavy atom. The lowest BCUT2D eigenvalue weighted by Crippen LogP contribution is -2.29. The molecule has 0 radical (unpaired) electrons. The number of rotatable bonds is 6. The highest BCUT2D eigenvalue weighted by Crippen LogP contribution is 2.30. The quantitative estimate of drug-likeness (QED) is 0.630. The lowest BCUT2D eigenvalue weighted by molar-refractivity contribution is 0.302. The van der Waals surface area contributed by atoms with E-state index in [-0.39, 0.29) is 6.04 Å². The Morgan fingerprint density at radius 2 is 2.29 bits per heavy atom. The summed E-state index contributed by atoms with van der Waals surface area (Å²) in [6, 6.07) is 8.07. The smallest absolute Gasteiger partial charge is 0.120 e. The molecular weight excluding hydrogens is 264 g/mol. The van der Waals surface area contributed by atoms with E-state index in [1.165, 1.54) is 0 Å². The van der Waals surface area contributed by atoms with Gasteiger partial charge in [-0.1, -0.05) is 19.1 Å². The summed E-state index contributed by atoms with van der Waals surface area (Å²) in [7, 11) is 1.93. The maximum atomic E-state index is 5.87. The molecule has 0 spiro atoms. The average molecular weight is 286 g/mol. The number of aryl methyl sites for hydroxylation is 2. The van der Waals surface area contributed by atoms with E-state index >= 15 is 0 Å². The molecule has 2 aromatic rings. The predicted molar refractivity (Wildman–Crippen MR) is 81.8 cm³/mol. The topological polar surface area (TPSA) is 65.1 Å². The first-order valence-electron chi connectivity index (χ1n) is 7.46. The van der Waals surface area contributed by atoms with Crippen molar-refractivity contribution in [2.24, 2.45) is 12.9 Å². The third-order valence-corrected chi connectivity index (χ3v) is 3.77. The number of benzene rings is 1. The second-order valence-corrected chi connectivity index (χ2v) is 5.55. The number of ether oxygens (including phenoxy) is 1. The molecule has 1 aliphatic carbocycles. The summed E-state index contributed by atoms with van der Waals surface area (Å²) in [5.41, 5.74) is 6.19. The summed E-state index contributed by atoms with van der Waals surface area (Å²) in [5.74, 6) is 6.72. The van der Waals surface area contributed by atoms with Crippen molar-refractivity contribution >= 4 is 0 Å². The minimum absolute atomic E-state index is 0.0728. The monoisotopic (exact) mass is 286 g/mol.